The highest BCUT2D eigenvalue weighted by molar-refractivity contribution is 9.15. The van der Waals surface area contributed by atoms with Crippen molar-refractivity contribution in [3.63, 3.8) is 0 Å². The van der Waals surface area contributed by atoms with Crippen molar-refractivity contribution < 1.29 is 19.0 Å². The number of fused-ring (bicyclic) bond motifs is 1. The Labute approximate surface area is 362 Å². The van der Waals surface area contributed by atoms with Gasteiger partial charge in [-0.25, -0.2) is 4.79 Å². The molecule has 0 radical (unpaired) electrons. The molecule has 5 aromatic rings. The van der Waals surface area contributed by atoms with Crippen molar-refractivity contribution >= 4 is 92.2 Å². The van der Waals surface area contributed by atoms with Crippen LogP contribution in [0.3, 0.4) is 0 Å². The second-order valence-corrected chi connectivity index (χ2v) is 17.4. The molecule has 3 heterocycles. The molecule has 0 aliphatic carbocycles. The quantitative estimate of drug-likeness (QED) is 0.0789. The van der Waals surface area contributed by atoms with Crippen LogP contribution in [0.15, 0.2) is 127 Å². The lowest BCUT2D eigenvalue weighted by atomic mass is 9.83. The number of rotatable bonds is 10. The summed E-state index contributed by atoms with van der Waals surface area (Å²) in [4.78, 5) is 19.2. The Morgan fingerprint density at radius 1 is 0.554 bits per heavy atom. The van der Waals surface area contributed by atoms with Gasteiger partial charge in [-0.05, 0) is 183 Å². The number of hydrogen-bond donors (Lipinski definition) is 0. The number of hydrogen-bond acceptors (Lipinski definition) is 6. The van der Waals surface area contributed by atoms with Crippen LogP contribution in [-0.2, 0) is 10.3 Å². The third-order valence-electron chi connectivity index (χ3n) is 10.9. The molecule has 0 atom stereocenters. The van der Waals surface area contributed by atoms with E-state index < -0.39 is 11.6 Å². The Balaban J connectivity index is 1.41. The smallest absolute Gasteiger partial charge is 0.341 e. The predicted octanol–water partition coefficient (Wildman–Crippen LogP) is 12.6. The number of esters is 1. The molecule has 6 nitrogen and oxygen atoms in total. The van der Waals surface area contributed by atoms with E-state index in [0.29, 0.717) is 24.5 Å². The maximum atomic E-state index is 14.4. The van der Waals surface area contributed by atoms with Gasteiger partial charge in [0.1, 0.15) is 11.5 Å². The van der Waals surface area contributed by atoms with E-state index in [-0.39, 0.29) is 0 Å². The first-order valence-electron chi connectivity index (χ1n) is 18.7. The molecule has 56 heavy (non-hydrogen) atoms. The minimum Gasteiger partial charge on any atom is -0.497 e. The van der Waals surface area contributed by atoms with E-state index in [9.17, 15) is 4.79 Å². The molecule has 0 bridgehead atoms. The summed E-state index contributed by atoms with van der Waals surface area (Å²) in [5, 5.41) is 0. The Morgan fingerprint density at radius 2 is 0.911 bits per heavy atom. The van der Waals surface area contributed by atoms with Crippen molar-refractivity contribution in [1.29, 1.82) is 0 Å². The standard InChI is InChI=1S/C46H40Br4N2O4/c1-54-35-19-11-31(12-20-35)37(29-7-15-33(16-8-29)51-23-3-4-24-51)27-46(40-39(45(53)56-46)41(47)43(49)44(50)42(40)48)28-38(32-13-21-36(55-2)22-14-32)30-9-17-34(18-10-30)52-25-5-6-26-52/h7-22,27-28H,3-6,23-26H2,1-2H3. The molecule has 10 heteroatoms. The predicted molar refractivity (Wildman–Crippen MR) is 240 cm³/mol. The molecule has 286 valence electrons. The number of carbonyl (C=O) groups excluding carboxylic acids is 1. The monoisotopic (exact) mass is 1000 g/mol. The minimum absolute atomic E-state index is 0.440. The molecule has 0 aromatic heterocycles. The van der Waals surface area contributed by atoms with Crippen molar-refractivity contribution in [2.24, 2.45) is 0 Å². The van der Waals surface area contributed by atoms with Crippen LogP contribution in [0.5, 0.6) is 11.5 Å². The van der Waals surface area contributed by atoms with E-state index in [1.54, 1.807) is 14.2 Å². The molecular formula is C46H40Br4N2O4. The minimum atomic E-state index is -1.39. The van der Waals surface area contributed by atoms with E-state index in [0.717, 1.165) is 75.6 Å². The molecule has 2 fully saturated rings. The first kappa shape index (κ1) is 39.0. The van der Waals surface area contributed by atoms with E-state index in [1.165, 1.54) is 37.1 Å². The fraction of sp³-hybridized carbons (Fsp3) is 0.239. The third kappa shape index (κ3) is 7.50. The number of benzene rings is 5. The highest BCUT2D eigenvalue weighted by Crippen LogP contribution is 2.54. The van der Waals surface area contributed by atoms with Gasteiger partial charge >= 0.3 is 5.97 Å². The van der Waals surface area contributed by atoms with E-state index >= 15 is 0 Å². The summed E-state index contributed by atoms with van der Waals surface area (Å²) in [7, 11) is 3.34. The van der Waals surface area contributed by atoms with E-state index in [2.05, 4.69) is 158 Å². The first-order valence-corrected chi connectivity index (χ1v) is 21.9. The van der Waals surface area contributed by atoms with Crippen LogP contribution in [-0.4, -0.2) is 46.4 Å². The van der Waals surface area contributed by atoms with Crippen LogP contribution in [0, 0.1) is 0 Å². The summed E-state index contributed by atoms with van der Waals surface area (Å²) in [6.45, 7) is 4.23. The van der Waals surface area contributed by atoms with Crippen molar-refractivity contribution in [2.75, 3.05) is 50.2 Å². The lowest BCUT2D eigenvalue weighted by molar-refractivity contribution is 0.0298. The second kappa shape index (κ2) is 16.6. The van der Waals surface area contributed by atoms with Gasteiger partial charge in [-0.3, -0.25) is 0 Å². The summed E-state index contributed by atoms with van der Waals surface area (Å²) < 4.78 is 20.7. The molecule has 0 N–H and O–H groups in total. The van der Waals surface area contributed by atoms with Gasteiger partial charge in [-0.1, -0.05) is 48.5 Å². The van der Waals surface area contributed by atoms with Gasteiger partial charge in [0, 0.05) is 61.0 Å². The fourth-order valence-electron chi connectivity index (χ4n) is 7.98. The molecule has 0 saturated carbocycles. The number of nitrogens with zero attached hydrogens (tertiary/aromatic N) is 2. The summed E-state index contributed by atoms with van der Waals surface area (Å²) in [6, 6.07) is 33.5. The van der Waals surface area contributed by atoms with Gasteiger partial charge in [0.2, 0.25) is 0 Å². The molecule has 3 aliphatic heterocycles. The van der Waals surface area contributed by atoms with Crippen LogP contribution in [0.4, 0.5) is 11.4 Å². The molecule has 3 aliphatic rings. The Bertz CT molecular complexity index is 2190. The van der Waals surface area contributed by atoms with Gasteiger partial charge < -0.3 is 24.0 Å². The molecule has 2 saturated heterocycles. The maximum absolute atomic E-state index is 14.4. The Hall–Kier alpha value is -3.83. The Kier molecular flexibility index (Phi) is 11.5. The van der Waals surface area contributed by atoms with Crippen LogP contribution >= 0.6 is 63.7 Å². The molecule has 0 spiro atoms. The summed E-state index contributed by atoms with van der Waals surface area (Å²) >= 11 is 15.2. The molecule has 0 amide bonds. The second-order valence-electron chi connectivity index (χ2n) is 14.2. The van der Waals surface area contributed by atoms with Gasteiger partial charge in [-0.15, -0.1) is 0 Å². The lowest BCUT2D eigenvalue weighted by Gasteiger charge is -2.28. The van der Waals surface area contributed by atoms with Crippen molar-refractivity contribution in [1.82, 2.24) is 0 Å². The van der Waals surface area contributed by atoms with E-state index in [4.69, 9.17) is 14.2 Å². The maximum Gasteiger partial charge on any atom is 0.341 e. The van der Waals surface area contributed by atoms with Crippen LogP contribution in [0.2, 0.25) is 0 Å². The highest BCUT2D eigenvalue weighted by Gasteiger charge is 2.48. The number of cyclic esters (lactones) is 1. The van der Waals surface area contributed by atoms with Gasteiger partial charge in [0.15, 0.2) is 5.60 Å². The molecule has 0 unspecified atom stereocenters. The normalized spacial score (nSPS) is 18.4. The SMILES string of the molecule is COc1ccc(C(=CC2(C=C(c3ccc(OC)cc3)c3ccc(N4CCCC4)cc3)OC(=O)c3c(Br)c(Br)c(Br)c(Br)c32)c2ccc(N3CCCC3)cc2)cc1. The number of methoxy groups -OCH3 is 2. The summed E-state index contributed by atoms with van der Waals surface area (Å²) in [5.41, 5.74) is 7.82. The first-order chi connectivity index (χ1) is 27.2. The van der Waals surface area contributed by atoms with Crippen molar-refractivity contribution in [3.8, 4) is 11.5 Å². The zero-order chi connectivity index (χ0) is 39.0. The van der Waals surface area contributed by atoms with E-state index in [1.807, 2.05) is 24.3 Å². The largest absolute Gasteiger partial charge is 0.497 e. The summed E-state index contributed by atoms with van der Waals surface area (Å²) in [6.07, 6.45) is 9.00. The third-order valence-corrected chi connectivity index (χ3v) is 15.7. The summed E-state index contributed by atoms with van der Waals surface area (Å²) in [5.74, 6) is 1.07. The van der Waals surface area contributed by atoms with Gasteiger partial charge in [-0.2, -0.15) is 0 Å². The highest BCUT2D eigenvalue weighted by atomic mass is 79.9. The Morgan fingerprint density at radius 3 is 1.29 bits per heavy atom. The lowest BCUT2D eigenvalue weighted by Crippen LogP contribution is -2.23. The van der Waals surface area contributed by atoms with Crippen LogP contribution in [0.25, 0.3) is 11.1 Å². The molecule has 5 aromatic carbocycles. The number of carbonyl (C=O) groups is 1. The topological polar surface area (TPSA) is 51.2 Å². The van der Waals surface area contributed by atoms with Crippen molar-refractivity contribution in [3.05, 3.63) is 160 Å². The zero-order valence-corrected chi connectivity index (χ0v) is 37.4. The number of ether oxygens (including phenoxy) is 3. The van der Waals surface area contributed by atoms with Gasteiger partial charge in [0.25, 0.3) is 0 Å². The number of anilines is 2. The van der Waals surface area contributed by atoms with Crippen LogP contribution < -0.4 is 19.3 Å². The van der Waals surface area contributed by atoms with Crippen LogP contribution in [0.1, 0.15) is 63.9 Å². The average Bonchev–Trinajstić information content (AvgIpc) is 4.03. The van der Waals surface area contributed by atoms with Gasteiger partial charge in [0.05, 0.1) is 19.8 Å². The average molecular weight is 1000 g/mol. The number of halogens is 4. The molecular weight excluding hydrogens is 964 g/mol. The zero-order valence-electron chi connectivity index (χ0n) is 31.1. The molecule has 8 rings (SSSR count). The van der Waals surface area contributed by atoms with Crippen molar-refractivity contribution in [2.45, 2.75) is 31.3 Å². The fourth-order valence-corrected chi connectivity index (χ4v) is 10.6.